The highest BCUT2D eigenvalue weighted by molar-refractivity contribution is 6.03. The van der Waals surface area contributed by atoms with Gasteiger partial charge in [0.15, 0.2) is 11.2 Å². The van der Waals surface area contributed by atoms with Gasteiger partial charge in [0.1, 0.15) is 13.1 Å². The van der Waals surface area contributed by atoms with Gasteiger partial charge >= 0.3 is 17.6 Å². The van der Waals surface area contributed by atoms with Gasteiger partial charge in [0.05, 0.1) is 25.5 Å². The van der Waals surface area contributed by atoms with E-state index in [2.05, 4.69) is 10.1 Å². The molecule has 3 heterocycles. The first-order valence-electron chi connectivity index (χ1n) is 10.8. The third-order valence-corrected chi connectivity index (χ3v) is 5.28. The second-order valence-electron chi connectivity index (χ2n) is 7.48. The van der Waals surface area contributed by atoms with Gasteiger partial charge in [-0.3, -0.25) is 23.5 Å². The lowest BCUT2D eigenvalue weighted by atomic mass is 10.1. The van der Waals surface area contributed by atoms with Crippen LogP contribution in [0.1, 0.15) is 19.4 Å². The molecule has 0 unspecified atom stereocenters. The van der Waals surface area contributed by atoms with Crippen molar-refractivity contribution in [3.8, 4) is 0 Å². The Kier molecular flexibility index (Phi) is 6.30. The average Bonchev–Trinajstić information content (AvgIpc) is 3.21. The van der Waals surface area contributed by atoms with Crippen molar-refractivity contribution in [2.24, 2.45) is 12.1 Å². The third kappa shape index (κ3) is 4.09. The first-order chi connectivity index (χ1) is 16.3. The SMILES string of the molecule is CCOC(=O)CN1N=C(c2ccccc2)Cn2c1nc1c2c(=O)n(CC(=O)OCC)c(=O)n1C. The molecule has 1 aliphatic rings. The molecule has 178 valence electrons. The lowest BCUT2D eigenvalue weighted by molar-refractivity contribution is -0.144. The topological polar surface area (TPSA) is 130 Å². The Labute approximate surface area is 193 Å². The second-order valence-corrected chi connectivity index (χ2v) is 7.48. The number of aromatic nitrogens is 4. The standard InChI is InChI=1S/C22H24N6O6/c1-4-33-16(29)12-27-20(31)18-19(25(3)22(27)32)23-21-26(18)11-15(14-9-7-6-8-10-14)24-28(21)13-17(30)34-5-2/h6-10H,4-5,11-13H2,1-3H3. The number of aryl methyl sites for hydroxylation is 1. The molecule has 4 rings (SSSR count). The van der Waals surface area contributed by atoms with Crippen LogP contribution in [-0.4, -0.2) is 56.1 Å². The fraction of sp³-hybridized carbons (Fsp3) is 0.364. The molecule has 1 aliphatic heterocycles. The van der Waals surface area contributed by atoms with E-state index in [1.54, 1.807) is 18.4 Å². The molecule has 12 nitrogen and oxygen atoms in total. The highest BCUT2D eigenvalue weighted by Crippen LogP contribution is 2.25. The number of hydrogen-bond donors (Lipinski definition) is 0. The Morgan fingerprint density at radius 3 is 2.29 bits per heavy atom. The Morgan fingerprint density at radius 1 is 1.00 bits per heavy atom. The van der Waals surface area contributed by atoms with Crippen LogP contribution in [0.4, 0.5) is 5.95 Å². The van der Waals surface area contributed by atoms with Crippen LogP contribution < -0.4 is 16.3 Å². The number of anilines is 1. The summed E-state index contributed by atoms with van der Waals surface area (Å²) in [6.45, 7) is 3.06. The monoisotopic (exact) mass is 468 g/mol. The van der Waals surface area contributed by atoms with Gasteiger partial charge in [0.2, 0.25) is 5.95 Å². The van der Waals surface area contributed by atoms with Gasteiger partial charge in [-0.1, -0.05) is 30.3 Å². The normalized spacial score (nSPS) is 12.9. The van der Waals surface area contributed by atoms with E-state index in [9.17, 15) is 19.2 Å². The summed E-state index contributed by atoms with van der Waals surface area (Å²) in [5.41, 5.74) is 0.210. The number of hydrogen-bond acceptors (Lipinski definition) is 9. The number of nitrogens with zero attached hydrogens (tertiary/aromatic N) is 6. The van der Waals surface area contributed by atoms with E-state index < -0.39 is 29.7 Å². The Bertz CT molecular complexity index is 1400. The molecule has 0 bridgehead atoms. The molecule has 0 spiro atoms. The van der Waals surface area contributed by atoms with Crippen LogP contribution in [0, 0.1) is 0 Å². The molecular formula is C22H24N6O6. The quantitative estimate of drug-likeness (QED) is 0.451. The Morgan fingerprint density at radius 2 is 1.65 bits per heavy atom. The fourth-order valence-electron chi connectivity index (χ4n) is 3.77. The lowest BCUT2D eigenvalue weighted by Crippen LogP contribution is -2.42. The van der Waals surface area contributed by atoms with E-state index in [4.69, 9.17) is 9.47 Å². The number of hydrazone groups is 1. The summed E-state index contributed by atoms with van der Waals surface area (Å²) in [5.74, 6) is -1.01. The molecule has 1 aromatic carbocycles. The number of ether oxygens (including phenoxy) is 2. The van der Waals surface area contributed by atoms with Crippen molar-refractivity contribution >= 4 is 34.8 Å². The van der Waals surface area contributed by atoms with Crippen LogP contribution in [0.25, 0.3) is 11.2 Å². The van der Waals surface area contributed by atoms with Crippen molar-refractivity contribution in [3.63, 3.8) is 0 Å². The van der Waals surface area contributed by atoms with E-state index in [1.807, 2.05) is 30.3 Å². The molecule has 0 N–H and O–H groups in total. The van der Waals surface area contributed by atoms with E-state index in [0.29, 0.717) is 5.71 Å². The lowest BCUT2D eigenvalue weighted by Gasteiger charge is -2.25. The van der Waals surface area contributed by atoms with Crippen molar-refractivity contribution in [2.75, 3.05) is 24.8 Å². The molecule has 0 radical (unpaired) electrons. The van der Waals surface area contributed by atoms with E-state index >= 15 is 0 Å². The summed E-state index contributed by atoms with van der Waals surface area (Å²) >= 11 is 0. The summed E-state index contributed by atoms with van der Waals surface area (Å²) < 4.78 is 13.6. The maximum absolute atomic E-state index is 13.4. The maximum Gasteiger partial charge on any atom is 0.333 e. The van der Waals surface area contributed by atoms with Crippen LogP contribution in [0.5, 0.6) is 0 Å². The van der Waals surface area contributed by atoms with Crippen LogP contribution >= 0.6 is 0 Å². The minimum atomic E-state index is -0.706. The number of carbonyl (C=O) groups is 2. The highest BCUT2D eigenvalue weighted by Gasteiger charge is 2.30. The molecule has 3 aromatic rings. The molecule has 34 heavy (non-hydrogen) atoms. The van der Waals surface area contributed by atoms with Gasteiger partial charge in [-0.25, -0.2) is 14.4 Å². The number of rotatable bonds is 7. The van der Waals surface area contributed by atoms with Crippen molar-refractivity contribution in [1.29, 1.82) is 0 Å². The van der Waals surface area contributed by atoms with Gasteiger partial charge in [-0.05, 0) is 19.4 Å². The fourth-order valence-corrected chi connectivity index (χ4v) is 3.77. The summed E-state index contributed by atoms with van der Waals surface area (Å²) in [6.07, 6.45) is 0. The smallest absolute Gasteiger partial charge is 0.333 e. The summed E-state index contributed by atoms with van der Waals surface area (Å²) in [5, 5.41) is 5.93. The minimum absolute atomic E-state index is 0.110. The van der Waals surface area contributed by atoms with Crippen LogP contribution in [0.3, 0.4) is 0 Å². The molecule has 0 saturated heterocycles. The first-order valence-corrected chi connectivity index (χ1v) is 10.8. The molecule has 0 aliphatic carbocycles. The number of fused-ring (bicyclic) bond motifs is 3. The summed E-state index contributed by atoms with van der Waals surface area (Å²) in [4.78, 5) is 55.0. The van der Waals surface area contributed by atoms with Gasteiger partial charge in [-0.15, -0.1) is 0 Å². The van der Waals surface area contributed by atoms with Crippen LogP contribution in [-0.2, 0) is 39.2 Å². The Hall–Kier alpha value is -4.22. The molecule has 0 saturated carbocycles. The number of carbonyl (C=O) groups excluding carboxylic acids is 2. The number of benzene rings is 1. The molecule has 0 atom stereocenters. The van der Waals surface area contributed by atoms with Crippen LogP contribution in [0.2, 0.25) is 0 Å². The van der Waals surface area contributed by atoms with Crippen molar-refractivity contribution in [3.05, 3.63) is 56.7 Å². The highest BCUT2D eigenvalue weighted by atomic mass is 16.5. The van der Waals surface area contributed by atoms with Gasteiger partial charge in [0, 0.05) is 7.05 Å². The first kappa shape index (κ1) is 23.0. The molecule has 2 aromatic heterocycles. The van der Waals surface area contributed by atoms with E-state index in [0.717, 1.165) is 10.1 Å². The third-order valence-electron chi connectivity index (χ3n) is 5.28. The van der Waals surface area contributed by atoms with Gasteiger partial charge < -0.3 is 9.47 Å². The van der Waals surface area contributed by atoms with Crippen molar-refractivity contribution in [1.82, 2.24) is 18.7 Å². The number of imidazole rings is 1. The predicted molar refractivity (Wildman–Crippen MR) is 123 cm³/mol. The molecule has 0 amide bonds. The average molecular weight is 468 g/mol. The van der Waals surface area contributed by atoms with Gasteiger partial charge in [-0.2, -0.15) is 10.1 Å². The minimum Gasteiger partial charge on any atom is -0.465 e. The largest absolute Gasteiger partial charge is 0.465 e. The maximum atomic E-state index is 13.4. The second kappa shape index (κ2) is 9.33. The molecule has 0 fully saturated rings. The zero-order chi connectivity index (χ0) is 24.4. The number of esters is 2. The Balaban J connectivity index is 1.90. The van der Waals surface area contributed by atoms with Gasteiger partial charge in [0.25, 0.3) is 5.56 Å². The van der Waals surface area contributed by atoms with E-state index in [1.165, 1.54) is 16.6 Å². The van der Waals surface area contributed by atoms with Crippen molar-refractivity contribution < 1.29 is 19.1 Å². The zero-order valence-corrected chi connectivity index (χ0v) is 19.1. The van der Waals surface area contributed by atoms with Crippen molar-refractivity contribution in [2.45, 2.75) is 26.9 Å². The zero-order valence-electron chi connectivity index (χ0n) is 19.1. The summed E-state index contributed by atoms with van der Waals surface area (Å²) in [6, 6.07) is 9.29. The van der Waals surface area contributed by atoms with E-state index in [-0.39, 0.29) is 43.4 Å². The predicted octanol–water partition coefficient (Wildman–Crippen LogP) is 0.247. The summed E-state index contributed by atoms with van der Waals surface area (Å²) in [7, 11) is 1.46. The molecular weight excluding hydrogens is 444 g/mol. The molecule has 12 heteroatoms. The van der Waals surface area contributed by atoms with Crippen LogP contribution in [0.15, 0.2) is 45.0 Å².